The molecule has 0 saturated heterocycles. The van der Waals surface area contributed by atoms with Gasteiger partial charge < -0.3 is 0 Å². The Kier molecular flexibility index (Phi) is 6.69. The fraction of sp³-hybridized carbons (Fsp3) is 1.00. The van der Waals surface area contributed by atoms with Crippen molar-refractivity contribution >= 4 is 0 Å². The van der Waals surface area contributed by atoms with Crippen LogP contribution in [0.4, 0.5) is 0 Å². The molecule has 0 radical (unpaired) electrons. The summed E-state index contributed by atoms with van der Waals surface area (Å²) in [6.07, 6.45) is 17.2. The van der Waals surface area contributed by atoms with Crippen LogP contribution in [0.15, 0.2) is 0 Å². The van der Waals surface area contributed by atoms with Crippen molar-refractivity contribution in [1.29, 1.82) is 0 Å². The van der Waals surface area contributed by atoms with E-state index in [1.807, 2.05) is 27.7 Å². The molecule has 0 atom stereocenters. The molecule has 8 fully saturated rings. The lowest BCUT2D eigenvalue weighted by atomic mass is 9.45. The third-order valence-corrected chi connectivity index (χ3v) is 9.89. The maximum absolute atomic E-state index is 2.54. The van der Waals surface area contributed by atoms with Gasteiger partial charge in [-0.2, -0.15) is 0 Å². The third kappa shape index (κ3) is 4.23. The topological polar surface area (TPSA) is 0 Å². The average Bonchev–Trinajstić information content (AvgIpc) is 2.60. The first-order valence-corrected chi connectivity index (χ1v) is 13.2. The Balaban J connectivity index is 0.000000137. The molecule has 8 rings (SSSR count). The molecule has 0 aromatic carbocycles. The summed E-state index contributed by atoms with van der Waals surface area (Å²) in [4.78, 5) is 0. The van der Waals surface area contributed by atoms with Gasteiger partial charge in [0.2, 0.25) is 0 Å². The fourth-order valence-corrected chi connectivity index (χ4v) is 9.62. The third-order valence-electron chi connectivity index (χ3n) is 9.89. The quantitative estimate of drug-likeness (QED) is 0.388. The maximum Gasteiger partial charge on any atom is -0.0297 e. The minimum atomic E-state index is 0.702. The smallest absolute Gasteiger partial charge is 0.0297 e. The molecule has 0 heteroatoms. The number of rotatable bonds is 0. The standard InChI is InChI=1S/2C12H20.2C2H6/c1-11-4-9-3-10(5-11)7-12(2,6-9)8-11;1-12(2)10-4-8-3-9(6-10)7-11(12)5-8;2*1-2/h9-10H,3-8H2,1-2H3;8-11H,3-7H2,1-2H3;2*1-2H3. The summed E-state index contributed by atoms with van der Waals surface area (Å²) < 4.78 is 0. The molecule has 0 unspecified atom stereocenters. The average molecular weight is 389 g/mol. The van der Waals surface area contributed by atoms with E-state index in [4.69, 9.17) is 0 Å². The zero-order chi connectivity index (χ0) is 20.7. The van der Waals surface area contributed by atoms with E-state index in [9.17, 15) is 0 Å². The van der Waals surface area contributed by atoms with Gasteiger partial charge in [-0.25, -0.2) is 0 Å². The highest BCUT2D eigenvalue weighted by atomic mass is 14.6. The molecule has 0 N–H and O–H groups in total. The molecule has 8 aliphatic carbocycles. The van der Waals surface area contributed by atoms with Gasteiger partial charge in [0, 0.05) is 0 Å². The van der Waals surface area contributed by atoms with Gasteiger partial charge in [-0.05, 0) is 122 Å². The molecular formula is C28H52. The minimum absolute atomic E-state index is 0.702. The Bertz CT molecular complexity index is 448. The van der Waals surface area contributed by atoms with Gasteiger partial charge in [-0.15, -0.1) is 0 Å². The van der Waals surface area contributed by atoms with Gasteiger partial charge in [0.25, 0.3) is 0 Å². The van der Waals surface area contributed by atoms with Crippen molar-refractivity contribution in [2.24, 2.45) is 51.8 Å². The van der Waals surface area contributed by atoms with E-state index >= 15 is 0 Å². The predicted octanol–water partition coefficient (Wildman–Crippen LogP) is 9.13. The van der Waals surface area contributed by atoms with Gasteiger partial charge in [0.05, 0.1) is 0 Å². The SMILES string of the molecule is CC.CC.CC1(C)C2CC3CC(C2)CC1C3.CC12CC3CC(C1)CC(C)(C3)C2. The van der Waals surface area contributed by atoms with Gasteiger partial charge in [-0.3, -0.25) is 0 Å². The molecule has 8 bridgehead atoms. The highest BCUT2D eigenvalue weighted by Gasteiger charge is 2.54. The van der Waals surface area contributed by atoms with Crippen LogP contribution in [0.5, 0.6) is 0 Å². The molecule has 0 spiro atoms. The molecular weight excluding hydrogens is 336 g/mol. The minimum Gasteiger partial charge on any atom is -0.0683 e. The zero-order valence-corrected chi connectivity index (χ0v) is 20.7. The monoisotopic (exact) mass is 388 g/mol. The second kappa shape index (κ2) is 8.26. The Labute approximate surface area is 178 Å². The van der Waals surface area contributed by atoms with E-state index in [2.05, 4.69) is 27.7 Å². The van der Waals surface area contributed by atoms with Crippen molar-refractivity contribution in [3.63, 3.8) is 0 Å². The molecule has 0 nitrogen and oxygen atoms in total. The van der Waals surface area contributed by atoms with Crippen molar-refractivity contribution in [3.05, 3.63) is 0 Å². The summed E-state index contributed by atoms with van der Waals surface area (Å²) >= 11 is 0. The van der Waals surface area contributed by atoms with Gasteiger partial charge >= 0.3 is 0 Å². The maximum atomic E-state index is 2.54. The largest absolute Gasteiger partial charge is 0.0683 e. The molecule has 0 aromatic heterocycles. The van der Waals surface area contributed by atoms with Crippen molar-refractivity contribution in [2.45, 2.75) is 126 Å². The van der Waals surface area contributed by atoms with E-state index < -0.39 is 0 Å². The van der Waals surface area contributed by atoms with Crippen LogP contribution in [0.2, 0.25) is 0 Å². The lowest BCUT2D eigenvalue weighted by Crippen LogP contribution is -2.49. The first-order valence-electron chi connectivity index (χ1n) is 13.2. The van der Waals surface area contributed by atoms with E-state index in [0.29, 0.717) is 5.41 Å². The molecule has 8 aliphatic rings. The van der Waals surface area contributed by atoms with Gasteiger partial charge in [0.1, 0.15) is 0 Å². The molecule has 164 valence electrons. The van der Waals surface area contributed by atoms with E-state index in [1.165, 1.54) is 6.42 Å². The van der Waals surface area contributed by atoms with Crippen molar-refractivity contribution < 1.29 is 0 Å². The lowest BCUT2D eigenvalue weighted by Gasteiger charge is -2.60. The highest BCUT2D eigenvalue weighted by Crippen LogP contribution is 2.65. The van der Waals surface area contributed by atoms with Crippen LogP contribution in [0.3, 0.4) is 0 Å². The van der Waals surface area contributed by atoms with Gasteiger partial charge in [0.15, 0.2) is 0 Å². The second-order valence-corrected chi connectivity index (χ2v) is 12.7. The van der Waals surface area contributed by atoms with Crippen molar-refractivity contribution in [1.82, 2.24) is 0 Å². The molecule has 28 heavy (non-hydrogen) atoms. The van der Waals surface area contributed by atoms with Crippen LogP contribution in [-0.4, -0.2) is 0 Å². The first kappa shape index (κ1) is 22.7. The van der Waals surface area contributed by atoms with Crippen molar-refractivity contribution in [2.75, 3.05) is 0 Å². The summed E-state index contributed by atoms with van der Waals surface area (Å²) in [5.74, 6) is 6.69. The summed E-state index contributed by atoms with van der Waals surface area (Å²) in [6.45, 7) is 18.1. The zero-order valence-electron chi connectivity index (χ0n) is 20.7. The van der Waals surface area contributed by atoms with Crippen LogP contribution < -0.4 is 0 Å². The summed E-state index contributed by atoms with van der Waals surface area (Å²) in [6, 6.07) is 0. The van der Waals surface area contributed by atoms with E-state index in [0.717, 1.165) is 46.3 Å². The summed E-state index contributed by atoms with van der Waals surface area (Å²) in [5, 5.41) is 0. The van der Waals surface area contributed by atoms with Crippen LogP contribution in [0.1, 0.15) is 126 Å². The van der Waals surface area contributed by atoms with Crippen LogP contribution in [0.25, 0.3) is 0 Å². The second-order valence-electron chi connectivity index (χ2n) is 12.7. The van der Waals surface area contributed by atoms with E-state index in [-0.39, 0.29) is 0 Å². The Morgan fingerprint density at radius 1 is 0.464 bits per heavy atom. The molecule has 0 aromatic rings. The van der Waals surface area contributed by atoms with Crippen LogP contribution in [-0.2, 0) is 0 Å². The highest BCUT2D eigenvalue weighted by molar-refractivity contribution is 5.04. The fourth-order valence-electron chi connectivity index (χ4n) is 9.62. The van der Waals surface area contributed by atoms with Gasteiger partial charge in [-0.1, -0.05) is 55.4 Å². The Hall–Kier alpha value is 0. The first-order chi connectivity index (χ1) is 13.2. The Morgan fingerprint density at radius 2 is 0.786 bits per heavy atom. The van der Waals surface area contributed by atoms with Crippen LogP contribution >= 0.6 is 0 Å². The predicted molar refractivity (Wildman–Crippen MR) is 124 cm³/mol. The summed E-state index contributed by atoms with van der Waals surface area (Å²) in [7, 11) is 0. The summed E-state index contributed by atoms with van der Waals surface area (Å²) in [5.41, 5.74) is 2.23. The van der Waals surface area contributed by atoms with Crippen molar-refractivity contribution in [3.8, 4) is 0 Å². The number of hydrogen-bond donors (Lipinski definition) is 0. The number of hydrogen-bond acceptors (Lipinski definition) is 0. The molecule has 0 heterocycles. The molecule has 0 aliphatic heterocycles. The normalized spacial score (nSPS) is 50.6. The molecule has 0 amide bonds. The van der Waals surface area contributed by atoms with E-state index in [1.54, 1.807) is 64.2 Å². The molecule has 8 saturated carbocycles. The lowest BCUT2D eigenvalue weighted by molar-refractivity contribution is -0.0920. The van der Waals surface area contributed by atoms with Crippen LogP contribution in [0, 0.1) is 51.8 Å². The Morgan fingerprint density at radius 3 is 1.11 bits per heavy atom.